The molecule has 10 heteroatoms. The van der Waals surface area contributed by atoms with E-state index < -0.39 is 18.6 Å². The van der Waals surface area contributed by atoms with Crippen molar-refractivity contribution in [3.8, 4) is 11.5 Å². The number of carbonyl (C=O) groups excluding carboxylic acids is 1. The molecule has 198 valence electrons. The molecule has 0 aliphatic rings. The van der Waals surface area contributed by atoms with Crippen molar-refractivity contribution < 1.29 is 38.4 Å². The minimum absolute atomic E-state index is 0.0218. The van der Waals surface area contributed by atoms with Gasteiger partial charge < -0.3 is 30.7 Å². The Labute approximate surface area is 213 Å². The van der Waals surface area contributed by atoms with E-state index in [1.165, 1.54) is 24.3 Å². The number of carbonyl (C=O) groups is 2. The Hall–Kier alpha value is -4.02. The zero-order valence-electron chi connectivity index (χ0n) is 20.2. The number of benzene rings is 3. The van der Waals surface area contributed by atoms with Crippen LogP contribution in [0.25, 0.3) is 0 Å². The minimum atomic E-state index is -3.08. The van der Waals surface area contributed by atoms with Crippen LogP contribution in [0.1, 0.15) is 29.7 Å². The zero-order valence-corrected chi connectivity index (χ0v) is 20.2. The van der Waals surface area contributed by atoms with Crippen LogP contribution in [0.5, 0.6) is 11.5 Å². The van der Waals surface area contributed by atoms with Gasteiger partial charge in [0.25, 0.3) is 6.47 Å². The standard InChI is InChI=1S/C26H28F2N2O4.CH2O2/c1-18(29-15-25(33)20-9-12-24(32)23(14-20)30-17-31)13-19-7-10-22(11-8-19)34-16-26(27,28)21-5-3-2-4-6-21;2-1-3/h2-12,14,17-18,25,29,32-33H,13,15-16H2,1H3,(H,30,31);1H,(H,2,3)/t18?,25-;/m0./s1. The zero-order chi connectivity index (χ0) is 27.3. The number of rotatable bonds is 12. The van der Waals surface area contributed by atoms with E-state index in [1.54, 1.807) is 36.4 Å². The molecule has 37 heavy (non-hydrogen) atoms. The Morgan fingerprint density at radius 1 is 1.03 bits per heavy atom. The second kappa shape index (κ2) is 14.5. The van der Waals surface area contributed by atoms with Crippen molar-refractivity contribution in [1.82, 2.24) is 5.32 Å². The summed E-state index contributed by atoms with van der Waals surface area (Å²) in [5.41, 5.74) is 1.68. The second-order valence-corrected chi connectivity index (χ2v) is 8.18. The average Bonchev–Trinajstić information content (AvgIpc) is 2.89. The monoisotopic (exact) mass is 516 g/mol. The van der Waals surface area contributed by atoms with Crippen LogP contribution < -0.4 is 15.4 Å². The van der Waals surface area contributed by atoms with Crippen LogP contribution >= 0.6 is 0 Å². The third-order valence-corrected chi connectivity index (χ3v) is 5.36. The van der Waals surface area contributed by atoms with E-state index in [0.717, 1.165) is 5.56 Å². The summed E-state index contributed by atoms with van der Waals surface area (Å²) in [5, 5.41) is 32.6. The summed E-state index contributed by atoms with van der Waals surface area (Å²) in [6.45, 7) is 1.24. The first-order chi connectivity index (χ1) is 17.7. The van der Waals surface area contributed by atoms with Crippen molar-refractivity contribution in [2.24, 2.45) is 0 Å². The molecule has 3 aromatic rings. The Kier molecular flexibility index (Phi) is 11.5. The van der Waals surface area contributed by atoms with Crippen LogP contribution in [0.2, 0.25) is 0 Å². The Balaban J connectivity index is 0.00000153. The average molecular weight is 517 g/mol. The molecule has 0 saturated heterocycles. The maximum Gasteiger partial charge on any atom is 0.306 e. The molecule has 0 spiro atoms. The predicted molar refractivity (Wildman–Crippen MR) is 135 cm³/mol. The van der Waals surface area contributed by atoms with E-state index in [9.17, 15) is 23.8 Å². The largest absolute Gasteiger partial charge is 0.506 e. The van der Waals surface area contributed by atoms with Gasteiger partial charge in [0.05, 0.1) is 11.8 Å². The summed E-state index contributed by atoms with van der Waals surface area (Å²) >= 11 is 0. The summed E-state index contributed by atoms with van der Waals surface area (Å²) in [6.07, 6.45) is 0.273. The maximum atomic E-state index is 14.3. The van der Waals surface area contributed by atoms with E-state index in [4.69, 9.17) is 14.6 Å². The molecule has 3 aromatic carbocycles. The number of alkyl halides is 2. The smallest absolute Gasteiger partial charge is 0.306 e. The van der Waals surface area contributed by atoms with E-state index in [-0.39, 0.29) is 36.1 Å². The Morgan fingerprint density at radius 2 is 1.68 bits per heavy atom. The van der Waals surface area contributed by atoms with Crippen molar-refractivity contribution in [3.05, 3.63) is 89.5 Å². The summed E-state index contributed by atoms with van der Waals surface area (Å²) in [7, 11) is 0. The summed E-state index contributed by atoms with van der Waals surface area (Å²) < 4.78 is 33.8. The van der Waals surface area contributed by atoms with Crippen molar-refractivity contribution in [2.75, 3.05) is 18.5 Å². The molecular weight excluding hydrogens is 486 g/mol. The lowest BCUT2D eigenvalue weighted by Crippen LogP contribution is -2.32. The van der Waals surface area contributed by atoms with Crippen LogP contribution in [-0.4, -0.2) is 47.4 Å². The van der Waals surface area contributed by atoms with Crippen molar-refractivity contribution in [3.63, 3.8) is 0 Å². The van der Waals surface area contributed by atoms with Crippen LogP contribution in [0.15, 0.2) is 72.8 Å². The lowest BCUT2D eigenvalue weighted by molar-refractivity contribution is -0.122. The lowest BCUT2D eigenvalue weighted by atomic mass is 10.1. The lowest BCUT2D eigenvalue weighted by Gasteiger charge is -2.19. The molecule has 0 aliphatic heterocycles. The number of aliphatic hydroxyl groups excluding tert-OH is 1. The normalized spacial score (nSPS) is 12.4. The van der Waals surface area contributed by atoms with Crippen LogP contribution in [0.4, 0.5) is 14.5 Å². The predicted octanol–water partition coefficient (Wildman–Crippen LogP) is 4.09. The fourth-order valence-electron chi connectivity index (χ4n) is 3.46. The third-order valence-electron chi connectivity index (χ3n) is 5.36. The highest BCUT2D eigenvalue weighted by molar-refractivity contribution is 5.75. The molecule has 3 rings (SSSR count). The first kappa shape index (κ1) is 29.2. The van der Waals surface area contributed by atoms with Gasteiger partial charge in [-0.2, -0.15) is 8.78 Å². The van der Waals surface area contributed by atoms with Crippen LogP contribution in [0, 0.1) is 0 Å². The number of hydrogen-bond acceptors (Lipinski definition) is 6. The molecule has 0 heterocycles. The second-order valence-electron chi connectivity index (χ2n) is 8.18. The van der Waals surface area contributed by atoms with Crippen molar-refractivity contribution in [2.45, 2.75) is 31.4 Å². The minimum Gasteiger partial charge on any atom is -0.506 e. The third kappa shape index (κ3) is 9.51. The van der Waals surface area contributed by atoms with Crippen molar-refractivity contribution >= 4 is 18.6 Å². The highest BCUT2D eigenvalue weighted by atomic mass is 19.3. The fraction of sp³-hybridized carbons (Fsp3) is 0.259. The first-order valence-corrected chi connectivity index (χ1v) is 11.4. The number of anilines is 1. The number of ether oxygens (including phenoxy) is 1. The molecule has 8 nitrogen and oxygen atoms in total. The Bertz CT molecular complexity index is 1110. The van der Waals surface area contributed by atoms with Gasteiger partial charge in [-0.3, -0.25) is 9.59 Å². The van der Waals surface area contributed by atoms with Gasteiger partial charge in [0, 0.05) is 18.2 Å². The number of nitrogens with one attached hydrogen (secondary N) is 2. The number of amides is 1. The molecule has 0 aliphatic carbocycles. The summed E-state index contributed by atoms with van der Waals surface area (Å²) in [6, 6.07) is 19.1. The molecule has 0 radical (unpaired) electrons. The van der Waals surface area contributed by atoms with Gasteiger partial charge in [0.2, 0.25) is 6.41 Å². The quantitative estimate of drug-likeness (QED) is 0.181. The van der Waals surface area contributed by atoms with E-state index in [1.807, 2.05) is 19.1 Å². The molecule has 1 amide bonds. The molecule has 2 atom stereocenters. The van der Waals surface area contributed by atoms with Crippen LogP contribution in [0.3, 0.4) is 0 Å². The molecule has 0 bridgehead atoms. The van der Waals surface area contributed by atoms with Gasteiger partial charge in [-0.15, -0.1) is 0 Å². The highest BCUT2D eigenvalue weighted by Crippen LogP contribution is 2.29. The van der Waals surface area contributed by atoms with Crippen LogP contribution in [-0.2, 0) is 21.9 Å². The van der Waals surface area contributed by atoms with E-state index in [2.05, 4.69) is 10.6 Å². The molecular formula is C27H30F2N2O6. The molecule has 0 fully saturated rings. The number of phenolic OH excluding ortho intramolecular Hbond substituents is 1. The molecule has 0 aromatic heterocycles. The number of aliphatic hydroxyl groups is 1. The van der Waals surface area contributed by atoms with E-state index in [0.29, 0.717) is 24.1 Å². The Morgan fingerprint density at radius 3 is 2.30 bits per heavy atom. The number of phenols is 1. The highest BCUT2D eigenvalue weighted by Gasteiger charge is 2.32. The van der Waals surface area contributed by atoms with Gasteiger partial charge in [0.1, 0.15) is 11.5 Å². The topological polar surface area (TPSA) is 128 Å². The number of halogens is 2. The molecule has 0 saturated carbocycles. The fourth-order valence-corrected chi connectivity index (χ4v) is 3.46. The number of carboxylic acid groups (broad SMARTS) is 1. The maximum absolute atomic E-state index is 14.3. The van der Waals surface area contributed by atoms with E-state index >= 15 is 0 Å². The van der Waals surface area contributed by atoms with Gasteiger partial charge in [-0.05, 0) is 48.7 Å². The van der Waals surface area contributed by atoms with Gasteiger partial charge in [-0.25, -0.2) is 0 Å². The van der Waals surface area contributed by atoms with Gasteiger partial charge in [-0.1, -0.05) is 48.5 Å². The van der Waals surface area contributed by atoms with Gasteiger partial charge in [0.15, 0.2) is 6.61 Å². The number of aromatic hydroxyl groups is 1. The molecule has 1 unspecified atom stereocenters. The summed E-state index contributed by atoms with van der Waals surface area (Å²) in [5.74, 6) is -2.80. The molecule has 5 N–H and O–H groups in total. The SMILES string of the molecule is CC(Cc1ccc(OCC(F)(F)c2ccccc2)cc1)NC[C@H](O)c1ccc(O)c(NC=O)c1.O=CO. The first-order valence-electron chi connectivity index (χ1n) is 11.4. The van der Waals surface area contributed by atoms with Crippen molar-refractivity contribution in [1.29, 1.82) is 0 Å². The number of hydrogen-bond donors (Lipinski definition) is 5. The van der Waals surface area contributed by atoms with Gasteiger partial charge >= 0.3 is 5.92 Å². The summed E-state index contributed by atoms with van der Waals surface area (Å²) in [4.78, 5) is 19.0.